The minimum Gasteiger partial charge on any atom is -0.399 e. The normalized spacial score (nSPS) is 17.1. The largest absolute Gasteiger partial charge is 0.399 e. The van der Waals surface area contributed by atoms with Gasteiger partial charge in [-0.1, -0.05) is 24.3 Å². The van der Waals surface area contributed by atoms with Crippen molar-refractivity contribution in [3.63, 3.8) is 0 Å². The molecule has 4 nitrogen and oxygen atoms in total. The molecule has 0 aliphatic heterocycles. The summed E-state index contributed by atoms with van der Waals surface area (Å²) in [4.78, 5) is 0.212. The van der Waals surface area contributed by atoms with E-state index in [1.54, 1.807) is 12.1 Å². The van der Waals surface area contributed by atoms with E-state index in [1.807, 2.05) is 12.1 Å². The van der Waals surface area contributed by atoms with Gasteiger partial charge in [-0.05, 0) is 51.7 Å². The van der Waals surface area contributed by atoms with Gasteiger partial charge in [0.2, 0.25) is 10.0 Å². The van der Waals surface area contributed by atoms with Crippen LogP contribution in [0, 0.1) is 0 Å². The topological polar surface area (TPSA) is 72.2 Å². The van der Waals surface area contributed by atoms with E-state index in [1.165, 1.54) is 17.2 Å². The molecular formula is C15H15BrN2O2S. The molecule has 0 saturated carbocycles. The molecule has 1 unspecified atom stereocenters. The van der Waals surface area contributed by atoms with E-state index in [0.29, 0.717) is 16.7 Å². The Morgan fingerprint density at radius 1 is 1.24 bits per heavy atom. The summed E-state index contributed by atoms with van der Waals surface area (Å²) in [5.74, 6) is 0.253. The lowest BCUT2D eigenvalue weighted by molar-refractivity contribution is 0.551. The van der Waals surface area contributed by atoms with Gasteiger partial charge in [0.25, 0.3) is 0 Å². The van der Waals surface area contributed by atoms with Gasteiger partial charge in [-0.2, -0.15) is 0 Å². The smallest absolute Gasteiger partial charge is 0.241 e. The Morgan fingerprint density at radius 2 is 2.00 bits per heavy atom. The fourth-order valence-corrected chi connectivity index (χ4v) is 4.74. The van der Waals surface area contributed by atoms with Gasteiger partial charge < -0.3 is 5.73 Å². The Bertz CT molecular complexity index is 790. The van der Waals surface area contributed by atoms with Crippen molar-refractivity contribution in [1.82, 2.24) is 4.72 Å². The molecule has 0 heterocycles. The molecule has 1 aliphatic rings. The number of nitrogens with two attached hydrogens (primary N) is 1. The van der Waals surface area contributed by atoms with Crippen molar-refractivity contribution in [1.29, 1.82) is 0 Å². The molecule has 0 fully saturated rings. The average Bonchev–Trinajstić information content (AvgIpc) is 2.39. The van der Waals surface area contributed by atoms with E-state index in [-0.39, 0.29) is 10.8 Å². The first-order valence-corrected chi connectivity index (χ1v) is 8.87. The number of benzene rings is 2. The number of anilines is 1. The molecule has 6 heteroatoms. The molecule has 110 valence electrons. The number of rotatable bonds is 4. The Kier molecular flexibility index (Phi) is 3.77. The van der Waals surface area contributed by atoms with Gasteiger partial charge in [0.05, 0.1) is 4.90 Å². The number of hydrogen-bond donors (Lipinski definition) is 2. The summed E-state index contributed by atoms with van der Waals surface area (Å²) in [6.45, 7) is 0.413. The minimum absolute atomic E-state index is 0.212. The first kappa shape index (κ1) is 14.6. The third-order valence-electron chi connectivity index (χ3n) is 3.73. The van der Waals surface area contributed by atoms with Crippen molar-refractivity contribution in [2.24, 2.45) is 0 Å². The van der Waals surface area contributed by atoms with Gasteiger partial charge in [0, 0.05) is 22.6 Å². The number of nitrogens with one attached hydrogen (secondary N) is 1. The lowest BCUT2D eigenvalue weighted by Crippen LogP contribution is -2.33. The maximum absolute atomic E-state index is 12.3. The predicted molar refractivity (Wildman–Crippen MR) is 86.6 cm³/mol. The van der Waals surface area contributed by atoms with Crippen molar-refractivity contribution in [3.05, 3.63) is 58.1 Å². The lowest BCUT2D eigenvalue weighted by Gasteiger charge is -2.30. The molecule has 0 radical (unpaired) electrons. The fourth-order valence-electron chi connectivity index (χ4n) is 2.57. The van der Waals surface area contributed by atoms with Crippen LogP contribution in [0.15, 0.2) is 51.8 Å². The minimum atomic E-state index is -3.53. The van der Waals surface area contributed by atoms with Crippen molar-refractivity contribution in [3.8, 4) is 0 Å². The van der Waals surface area contributed by atoms with Crippen molar-refractivity contribution in [2.45, 2.75) is 17.2 Å². The van der Waals surface area contributed by atoms with Crippen LogP contribution in [0.25, 0.3) is 0 Å². The molecule has 3 rings (SSSR count). The van der Waals surface area contributed by atoms with E-state index in [0.717, 1.165) is 6.42 Å². The third kappa shape index (κ3) is 2.84. The van der Waals surface area contributed by atoms with Crippen LogP contribution < -0.4 is 10.5 Å². The highest BCUT2D eigenvalue weighted by molar-refractivity contribution is 9.10. The summed E-state index contributed by atoms with van der Waals surface area (Å²) >= 11 is 3.25. The van der Waals surface area contributed by atoms with Crippen molar-refractivity contribution >= 4 is 31.6 Å². The molecule has 21 heavy (non-hydrogen) atoms. The van der Waals surface area contributed by atoms with Crippen molar-refractivity contribution in [2.75, 3.05) is 12.3 Å². The number of halogens is 1. The Labute approximate surface area is 132 Å². The highest BCUT2D eigenvalue weighted by Crippen LogP contribution is 2.34. The highest BCUT2D eigenvalue weighted by Gasteiger charge is 2.27. The molecular weight excluding hydrogens is 352 g/mol. The summed E-state index contributed by atoms with van der Waals surface area (Å²) in [5.41, 5.74) is 8.69. The molecule has 0 aromatic heterocycles. The highest BCUT2D eigenvalue weighted by atomic mass is 79.9. The van der Waals surface area contributed by atoms with Crippen LogP contribution in [-0.2, 0) is 16.4 Å². The summed E-state index contributed by atoms with van der Waals surface area (Å²) in [6.07, 6.45) is 0.918. The molecule has 1 aliphatic carbocycles. The first-order valence-electron chi connectivity index (χ1n) is 6.60. The van der Waals surface area contributed by atoms with E-state index in [9.17, 15) is 8.42 Å². The number of fused-ring (bicyclic) bond motifs is 1. The Balaban J connectivity index is 1.73. The first-order chi connectivity index (χ1) is 9.97. The van der Waals surface area contributed by atoms with Crippen LogP contribution in [0.2, 0.25) is 0 Å². The van der Waals surface area contributed by atoms with Crippen LogP contribution in [0.3, 0.4) is 0 Å². The summed E-state index contributed by atoms with van der Waals surface area (Å²) in [5, 5.41) is 0. The zero-order valence-corrected chi connectivity index (χ0v) is 13.6. The van der Waals surface area contributed by atoms with E-state index in [4.69, 9.17) is 5.73 Å². The van der Waals surface area contributed by atoms with Crippen LogP contribution in [-0.4, -0.2) is 15.0 Å². The van der Waals surface area contributed by atoms with Gasteiger partial charge in [-0.15, -0.1) is 0 Å². The van der Waals surface area contributed by atoms with Crippen LogP contribution in [0.5, 0.6) is 0 Å². The fraction of sp³-hybridized carbons (Fsp3) is 0.200. The van der Waals surface area contributed by atoms with Gasteiger partial charge in [0.1, 0.15) is 0 Å². The van der Waals surface area contributed by atoms with Gasteiger partial charge in [-0.3, -0.25) is 0 Å². The molecule has 2 aromatic rings. The van der Waals surface area contributed by atoms with Gasteiger partial charge in [-0.25, -0.2) is 13.1 Å². The second-order valence-corrected chi connectivity index (χ2v) is 7.73. The second kappa shape index (κ2) is 5.44. The number of sulfonamides is 1. The zero-order valence-electron chi connectivity index (χ0n) is 11.2. The summed E-state index contributed by atoms with van der Waals surface area (Å²) in [7, 11) is -3.53. The number of nitrogen functional groups attached to an aromatic ring is 1. The number of hydrogen-bond acceptors (Lipinski definition) is 3. The summed E-state index contributed by atoms with van der Waals surface area (Å²) < 4.78 is 27.8. The van der Waals surface area contributed by atoms with Crippen LogP contribution in [0.4, 0.5) is 5.69 Å². The second-order valence-electron chi connectivity index (χ2n) is 5.14. The quantitative estimate of drug-likeness (QED) is 0.817. The molecule has 0 amide bonds. The monoisotopic (exact) mass is 366 g/mol. The van der Waals surface area contributed by atoms with Crippen LogP contribution in [0.1, 0.15) is 17.0 Å². The van der Waals surface area contributed by atoms with E-state index >= 15 is 0 Å². The van der Waals surface area contributed by atoms with E-state index in [2.05, 4.69) is 32.8 Å². The molecule has 2 aromatic carbocycles. The molecule has 0 saturated heterocycles. The van der Waals surface area contributed by atoms with Gasteiger partial charge in [0.15, 0.2) is 0 Å². The standard InChI is InChI=1S/C15H15BrN2O2S/c16-14-8-12(17)5-6-15(14)21(19,20)18-9-11-7-10-3-1-2-4-13(10)11/h1-6,8,11,18H,7,9,17H2. The molecule has 3 N–H and O–H groups in total. The Morgan fingerprint density at radius 3 is 2.71 bits per heavy atom. The van der Waals surface area contributed by atoms with Crippen molar-refractivity contribution < 1.29 is 8.42 Å². The SMILES string of the molecule is Nc1ccc(S(=O)(=O)NCC2Cc3ccccc32)c(Br)c1. The zero-order chi connectivity index (χ0) is 15.0. The maximum Gasteiger partial charge on any atom is 0.241 e. The van der Waals surface area contributed by atoms with Crippen LogP contribution >= 0.6 is 15.9 Å². The molecule has 0 spiro atoms. The maximum atomic E-state index is 12.3. The average molecular weight is 367 g/mol. The molecule has 0 bridgehead atoms. The summed E-state index contributed by atoms with van der Waals surface area (Å²) in [6, 6.07) is 12.8. The Hall–Kier alpha value is -1.37. The molecule has 1 atom stereocenters. The third-order valence-corrected chi connectivity index (χ3v) is 6.13. The predicted octanol–water partition coefficient (Wildman–Crippen LogP) is 2.65. The van der Waals surface area contributed by atoms with Gasteiger partial charge >= 0.3 is 0 Å². The van der Waals surface area contributed by atoms with E-state index < -0.39 is 10.0 Å². The lowest BCUT2D eigenvalue weighted by atomic mass is 9.78.